The van der Waals surface area contributed by atoms with Crippen molar-refractivity contribution in [1.82, 2.24) is 4.90 Å². The van der Waals surface area contributed by atoms with Gasteiger partial charge in [-0.3, -0.25) is 4.79 Å². The molecule has 3 rings (SSSR count). The van der Waals surface area contributed by atoms with Crippen molar-refractivity contribution >= 4 is 23.6 Å². The summed E-state index contributed by atoms with van der Waals surface area (Å²) >= 11 is 5.84. The molecular formula is C17H20ClNO3. The van der Waals surface area contributed by atoms with Crippen LogP contribution in [0.2, 0.25) is 5.02 Å². The standard InChI is InChI=1S/C17H20ClNO3/c18-15-4-1-13(2-5-15)3-6-16(20)19-9-7-14(8-10-19)17-21-11-12-22-17/h1-6,14,17H,7-12H2/b6-3+. The third-order valence-corrected chi connectivity index (χ3v) is 4.42. The Kier molecular flexibility index (Phi) is 5.13. The van der Waals surface area contributed by atoms with Crippen LogP contribution < -0.4 is 0 Å². The van der Waals surface area contributed by atoms with Crippen molar-refractivity contribution in [2.24, 2.45) is 5.92 Å². The highest BCUT2D eigenvalue weighted by Crippen LogP contribution is 2.25. The van der Waals surface area contributed by atoms with Crippen LogP contribution in [0.3, 0.4) is 0 Å². The highest BCUT2D eigenvalue weighted by Gasteiger charge is 2.31. The van der Waals surface area contributed by atoms with E-state index >= 15 is 0 Å². The lowest BCUT2D eigenvalue weighted by molar-refractivity contribution is -0.131. The minimum absolute atomic E-state index is 0.0571. The minimum atomic E-state index is -0.0677. The van der Waals surface area contributed by atoms with Gasteiger partial charge in [0.2, 0.25) is 5.91 Å². The first-order valence-electron chi connectivity index (χ1n) is 7.68. The van der Waals surface area contributed by atoms with E-state index in [0.717, 1.165) is 31.5 Å². The maximum atomic E-state index is 12.2. The van der Waals surface area contributed by atoms with E-state index < -0.39 is 0 Å². The summed E-state index contributed by atoms with van der Waals surface area (Å²) in [5, 5.41) is 0.696. The second-order valence-electron chi connectivity index (χ2n) is 5.66. The van der Waals surface area contributed by atoms with Crippen LogP contribution in [0.4, 0.5) is 0 Å². The number of rotatable bonds is 3. The van der Waals surface area contributed by atoms with Gasteiger partial charge >= 0.3 is 0 Å². The molecule has 1 aromatic carbocycles. The monoisotopic (exact) mass is 321 g/mol. The molecule has 2 fully saturated rings. The summed E-state index contributed by atoms with van der Waals surface area (Å²) < 4.78 is 11.1. The molecule has 1 amide bonds. The van der Waals surface area contributed by atoms with E-state index in [1.54, 1.807) is 6.08 Å². The molecule has 118 valence electrons. The van der Waals surface area contributed by atoms with Crippen LogP contribution in [-0.4, -0.2) is 43.4 Å². The number of benzene rings is 1. The minimum Gasteiger partial charge on any atom is -0.350 e. The van der Waals surface area contributed by atoms with Crippen molar-refractivity contribution in [3.05, 3.63) is 40.9 Å². The van der Waals surface area contributed by atoms with Gasteiger partial charge in [0, 0.05) is 30.1 Å². The molecule has 22 heavy (non-hydrogen) atoms. The largest absolute Gasteiger partial charge is 0.350 e. The number of likely N-dealkylation sites (tertiary alicyclic amines) is 1. The van der Waals surface area contributed by atoms with E-state index in [4.69, 9.17) is 21.1 Å². The average Bonchev–Trinajstić information content (AvgIpc) is 3.09. The van der Waals surface area contributed by atoms with Gasteiger partial charge in [0.1, 0.15) is 0 Å². The lowest BCUT2D eigenvalue weighted by atomic mass is 9.96. The van der Waals surface area contributed by atoms with E-state index in [0.29, 0.717) is 24.2 Å². The van der Waals surface area contributed by atoms with Crippen molar-refractivity contribution in [1.29, 1.82) is 0 Å². The average molecular weight is 322 g/mol. The predicted molar refractivity (Wildman–Crippen MR) is 85.5 cm³/mol. The molecule has 0 unspecified atom stereocenters. The second kappa shape index (κ2) is 7.27. The van der Waals surface area contributed by atoms with Crippen LogP contribution in [0.5, 0.6) is 0 Å². The lowest BCUT2D eigenvalue weighted by Gasteiger charge is -2.33. The summed E-state index contributed by atoms with van der Waals surface area (Å²) in [4.78, 5) is 14.1. The van der Waals surface area contributed by atoms with Crippen LogP contribution in [0.15, 0.2) is 30.3 Å². The molecule has 0 bridgehead atoms. The number of nitrogens with zero attached hydrogens (tertiary/aromatic N) is 1. The zero-order chi connectivity index (χ0) is 15.4. The normalized spacial score (nSPS) is 20.9. The molecule has 0 atom stereocenters. The molecule has 2 heterocycles. The van der Waals surface area contributed by atoms with Crippen LogP contribution >= 0.6 is 11.6 Å². The summed E-state index contributed by atoms with van der Waals surface area (Å²) in [6.07, 6.45) is 5.26. The Balaban J connectivity index is 1.50. The number of ether oxygens (including phenoxy) is 2. The zero-order valence-corrected chi connectivity index (χ0v) is 13.2. The molecule has 2 aliphatic rings. The summed E-state index contributed by atoms with van der Waals surface area (Å²) in [6.45, 7) is 2.90. The quantitative estimate of drug-likeness (QED) is 0.803. The van der Waals surface area contributed by atoms with Gasteiger partial charge in [0.25, 0.3) is 0 Å². The highest BCUT2D eigenvalue weighted by atomic mass is 35.5. The Hall–Kier alpha value is -1.36. The number of carbonyl (C=O) groups excluding carboxylic acids is 1. The Bertz CT molecular complexity index is 529. The van der Waals surface area contributed by atoms with E-state index in [1.165, 1.54) is 0 Å². The Morgan fingerprint density at radius 3 is 2.41 bits per heavy atom. The second-order valence-corrected chi connectivity index (χ2v) is 6.09. The van der Waals surface area contributed by atoms with Crippen molar-refractivity contribution in [3.63, 3.8) is 0 Å². The fraction of sp³-hybridized carbons (Fsp3) is 0.471. The maximum absolute atomic E-state index is 12.2. The molecule has 0 N–H and O–H groups in total. The van der Waals surface area contributed by atoms with Crippen molar-refractivity contribution in [2.75, 3.05) is 26.3 Å². The molecule has 0 radical (unpaired) electrons. The van der Waals surface area contributed by atoms with E-state index in [2.05, 4.69) is 0 Å². The van der Waals surface area contributed by atoms with E-state index in [-0.39, 0.29) is 12.2 Å². The number of halogens is 1. The molecule has 5 heteroatoms. The first-order chi connectivity index (χ1) is 10.7. The number of amides is 1. The maximum Gasteiger partial charge on any atom is 0.246 e. The first-order valence-corrected chi connectivity index (χ1v) is 8.06. The van der Waals surface area contributed by atoms with Gasteiger partial charge < -0.3 is 14.4 Å². The molecule has 2 aliphatic heterocycles. The third-order valence-electron chi connectivity index (χ3n) is 4.17. The van der Waals surface area contributed by atoms with E-state index in [1.807, 2.05) is 35.2 Å². The molecular weight excluding hydrogens is 302 g/mol. The lowest BCUT2D eigenvalue weighted by Crippen LogP contribution is -2.40. The zero-order valence-electron chi connectivity index (χ0n) is 12.4. The summed E-state index contributed by atoms with van der Waals surface area (Å²) in [7, 11) is 0. The molecule has 1 aromatic rings. The van der Waals surface area contributed by atoms with Gasteiger partial charge in [-0.05, 0) is 36.6 Å². The van der Waals surface area contributed by atoms with Gasteiger partial charge in [-0.25, -0.2) is 0 Å². The van der Waals surface area contributed by atoms with Crippen molar-refractivity contribution in [2.45, 2.75) is 19.1 Å². The van der Waals surface area contributed by atoms with Gasteiger partial charge in [-0.1, -0.05) is 23.7 Å². The fourth-order valence-electron chi connectivity index (χ4n) is 2.89. The molecule has 0 spiro atoms. The van der Waals surface area contributed by atoms with E-state index in [9.17, 15) is 4.79 Å². The fourth-order valence-corrected chi connectivity index (χ4v) is 3.01. The smallest absolute Gasteiger partial charge is 0.246 e. The molecule has 0 saturated carbocycles. The first kappa shape index (κ1) is 15.5. The Labute approximate surface area is 135 Å². The Morgan fingerprint density at radius 2 is 1.77 bits per heavy atom. The summed E-state index contributed by atoms with van der Waals surface area (Å²) in [6, 6.07) is 7.43. The topological polar surface area (TPSA) is 38.8 Å². The molecule has 2 saturated heterocycles. The number of hydrogen-bond donors (Lipinski definition) is 0. The third kappa shape index (κ3) is 3.88. The van der Waals surface area contributed by atoms with Crippen LogP contribution in [0, 0.1) is 5.92 Å². The molecule has 0 aliphatic carbocycles. The number of carbonyl (C=O) groups is 1. The van der Waals surface area contributed by atoms with Gasteiger partial charge in [-0.15, -0.1) is 0 Å². The predicted octanol–water partition coefficient (Wildman–Crippen LogP) is 2.96. The van der Waals surface area contributed by atoms with Gasteiger partial charge in [0.15, 0.2) is 6.29 Å². The van der Waals surface area contributed by atoms with Crippen LogP contribution in [0.1, 0.15) is 18.4 Å². The molecule has 0 aromatic heterocycles. The van der Waals surface area contributed by atoms with Gasteiger partial charge in [0.05, 0.1) is 13.2 Å². The number of hydrogen-bond acceptors (Lipinski definition) is 3. The van der Waals surface area contributed by atoms with Crippen molar-refractivity contribution < 1.29 is 14.3 Å². The van der Waals surface area contributed by atoms with Crippen molar-refractivity contribution in [3.8, 4) is 0 Å². The highest BCUT2D eigenvalue weighted by molar-refractivity contribution is 6.30. The summed E-state index contributed by atoms with van der Waals surface area (Å²) in [5.41, 5.74) is 0.973. The van der Waals surface area contributed by atoms with Gasteiger partial charge in [-0.2, -0.15) is 0 Å². The number of piperidine rings is 1. The Morgan fingerprint density at radius 1 is 1.14 bits per heavy atom. The van der Waals surface area contributed by atoms with Crippen LogP contribution in [0.25, 0.3) is 6.08 Å². The van der Waals surface area contributed by atoms with Crippen LogP contribution in [-0.2, 0) is 14.3 Å². The summed E-state index contributed by atoms with van der Waals surface area (Å²) in [5.74, 6) is 0.466. The SMILES string of the molecule is O=C(/C=C/c1ccc(Cl)cc1)N1CCC(C2OCCO2)CC1. The molecule has 4 nitrogen and oxygen atoms in total.